The van der Waals surface area contributed by atoms with E-state index in [1.54, 1.807) is 6.20 Å². The number of benzene rings is 2. The first kappa shape index (κ1) is 23.0. The molecule has 0 radical (unpaired) electrons. The summed E-state index contributed by atoms with van der Waals surface area (Å²) < 4.78 is 6.11. The normalized spacial score (nSPS) is 15.4. The minimum Gasteiger partial charge on any atom is -0.478 e. The quantitative estimate of drug-likeness (QED) is 0.322. The number of hydrogen-bond acceptors (Lipinski definition) is 7. The number of fused-ring (bicyclic) bond motifs is 2. The number of para-hydroxylation sites is 4. The van der Waals surface area contributed by atoms with Crippen LogP contribution in [0, 0.1) is 0 Å². The average molecular weight is 505 g/mol. The van der Waals surface area contributed by atoms with Crippen molar-refractivity contribution in [3.8, 4) is 22.9 Å². The van der Waals surface area contributed by atoms with Gasteiger partial charge in [0.1, 0.15) is 0 Å². The van der Waals surface area contributed by atoms with Gasteiger partial charge in [-0.15, -0.1) is 0 Å². The molecular weight excluding hydrogens is 484 g/mol. The van der Waals surface area contributed by atoms with E-state index in [0.717, 1.165) is 17.1 Å². The first-order valence-electron chi connectivity index (χ1n) is 11.7. The first-order valence-corrected chi connectivity index (χ1v) is 11.7. The number of carbonyl (C=O) groups is 2. The number of rotatable bonds is 5. The molecule has 9 nitrogen and oxygen atoms in total. The van der Waals surface area contributed by atoms with Crippen LogP contribution in [0.2, 0.25) is 0 Å². The molecule has 0 fully saturated rings. The predicted molar refractivity (Wildman–Crippen MR) is 140 cm³/mol. The van der Waals surface area contributed by atoms with Gasteiger partial charge in [-0.2, -0.15) is 0 Å². The minimum atomic E-state index is -1.13. The van der Waals surface area contributed by atoms with E-state index in [9.17, 15) is 19.8 Å². The second kappa shape index (κ2) is 9.21. The third-order valence-electron chi connectivity index (χ3n) is 6.24. The van der Waals surface area contributed by atoms with Crippen molar-refractivity contribution in [1.82, 2.24) is 15.3 Å². The van der Waals surface area contributed by atoms with Crippen molar-refractivity contribution in [1.29, 1.82) is 0 Å². The Hall–Kier alpha value is -5.44. The maximum Gasteiger partial charge on any atom is 0.335 e. The van der Waals surface area contributed by atoms with E-state index in [-0.39, 0.29) is 22.5 Å². The Balaban J connectivity index is 1.45. The summed E-state index contributed by atoms with van der Waals surface area (Å²) in [7, 11) is 0. The molecule has 1 atom stereocenters. The highest BCUT2D eigenvalue weighted by atomic mass is 16.5. The molecule has 6 rings (SSSR count). The highest BCUT2D eigenvalue weighted by Crippen LogP contribution is 2.48. The van der Waals surface area contributed by atoms with Crippen molar-refractivity contribution in [2.24, 2.45) is 0 Å². The first-order chi connectivity index (χ1) is 18.5. The van der Waals surface area contributed by atoms with Crippen LogP contribution in [0.25, 0.3) is 11.4 Å². The third kappa shape index (κ3) is 4.11. The predicted octanol–water partition coefficient (Wildman–Crippen LogP) is 5.53. The number of aromatic carboxylic acids is 2. The van der Waals surface area contributed by atoms with Gasteiger partial charge < -0.3 is 25.2 Å². The van der Waals surface area contributed by atoms with E-state index in [1.807, 2.05) is 60.7 Å². The summed E-state index contributed by atoms with van der Waals surface area (Å²) >= 11 is 0. The Morgan fingerprint density at radius 1 is 0.842 bits per heavy atom. The Bertz CT molecular complexity index is 1620. The lowest BCUT2D eigenvalue weighted by molar-refractivity contribution is 0.0685. The van der Waals surface area contributed by atoms with Crippen molar-refractivity contribution in [2.75, 3.05) is 4.90 Å². The lowest BCUT2D eigenvalue weighted by Crippen LogP contribution is -2.26. The third-order valence-corrected chi connectivity index (χ3v) is 6.24. The molecule has 2 aliphatic heterocycles. The number of anilines is 2. The zero-order valence-electron chi connectivity index (χ0n) is 19.8. The van der Waals surface area contributed by atoms with Gasteiger partial charge in [0.05, 0.1) is 45.6 Å². The molecule has 0 saturated heterocycles. The van der Waals surface area contributed by atoms with E-state index in [0.29, 0.717) is 17.2 Å². The van der Waals surface area contributed by atoms with Crippen LogP contribution < -0.4 is 15.0 Å². The molecule has 2 aromatic heterocycles. The Morgan fingerprint density at radius 2 is 1.50 bits per heavy atom. The van der Waals surface area contributed by atoms with Gasteiger partial charge >= 0.3 is 11.9 Å². The summed E-state index contributed by atoms with van der Waals surface area (Å²) in [4.78, 5) is 34.4. The number of nitrogens with one attached hydrogen (secondary N) is 1. The minimum absolute atomic E-state index is 0.0147. The van der Waals surface area contributed by atoms with Gasteiger partial charge in [0.25, 0.3) is 0 Å². The second-order valence-electron chi connectivity index (χ2n) is 8.65. The molecule has 1 unspecified atom stereocenters. The Kier molecular flexibility index (Phi) is 5.57. The number of dihydropyridines is 1. The van der Waals surface area contributed by atoms with E-state index < -0.39 is 18.0 Å². The summed E-state index contributed by atoms with van der Waals surface area (Å²) in [5.41, 5.74) is 3.59. The summed E-state index contributed by atoms with van der Waals surface area (Å²) in [5.74, 6) is -0.807. The zero-order valence-corrected chi connectivity index (χ0v) is 19.8. The van der Waals surface area contributed by atoms with E-state index in [1.165, 1.54) is 30.5 Å². The zero-order chi connectivity index (χ0) is 26.2. The lowest BCUT2D eigenvalue weighted by atomic mass is 10.0. The number of nitrogens with zero attached hydrogens (tertiary/aromatic N) is 3. The van der Waals surface area contributed by atoms with Crippen LogP contribution in [0.3, 0.4) is 0 Å². The number of pyridine rings is 2. The molecule has 9 heteroatoms. The SMILES string of the molecule is O=C(O)c1ccnc(-c2cc(C(=O)O)cc(C3C=C(N4c5ccccc5Oc5ccccc54)C=CN3)n2)c1. The summed E-state index contributed by atoms with van der Waals surface area (Å²) in [5, 5.41) is 22.4. The number of aromatic nitrogens is 2. The molecule has 2 aliphatic rings. The highest BCUT2D eigenvalue weighted by Gasteiger charge is 2.28. The number of allylic oxidation sites excluding steroid dienone is 1. The number of carboxylic acids is 2. The van der Waals surface area contributed by atoms with Gasteiger partial charge in [0, 0.05) is 11.9 Å². The van der Waals surface area contributed by atoms with Crippen molar-refractivity contribution >= 4 is 23.3 Å². The maximum atomic E-state index is 12.0. The fourth-order valence-electron chi connectivity index (χ4n) is 4.48. The largest absolute Gasteiger partial charge is 0.478 e. The molecule has 0 aliphatic carbocycles. The van der Waals surface area contributed by atoms with E-state index in [4.69, 9.17) is 4.74 Å². The number of ether oxygens (including phenoxy) is 1. The smallest absolute Gasteiger partial charge is 0.335 e. The standard InChI is InChI=1S/C29H20N4O5/c34-28(35)17-9-11-30-20(13-17)22-14-18(29(36)37)15-23(32-22)21-16-19(10-12-31-21)33-24-5-1-3-7-26(24)38-27-8-4-2-6-25(27)33/h1-16,21,31H,(H,34,35)(H,36,37). The molecule has 4 aromatic rings. The van der Waals surface area contributed by atoms with Gasteiger partial charge in [0.2, 0.25) is 0 Å². The molecule has 0 saturated carbocycles. The molecule has 0 spiro atoms. The maximum absolute atomic E-state index is 12.0. The average Bonchev–Trinajstić information content (AvgIpc) is 2.95. The summed E-state index contributed by atoms with van der Waals surface area (Å²) in [6, 6.07) is 20.6. The Morgan fingerprint density at radius 3 is 2.18 bits per heavy atom. The topological polar surface area (TPSA) is 125 Å². The van der Waals surface area contributed by atoms with Gasteiger partial charge in [0.15, 0.2) is 11.5 Å². The lowest BCUT2D eigenvalue weighted by Gasteiger charge is -2.35. The second-order valence-corrected chi connectivity index (χ2v) is 8.65. The van der Waals surface area contributed by atoms with Crippen LogP contribution in [0.1, 0.15) is 32.5 Å². The number of hydrogen-bond donors (Lipinski definition) is 3. The van der Waals surface area contributed by atoms with Gasteiger partial charge in [-0.25, -0.2) is 14.6 Å². The molecule has 3 N–H and O–H groups in total. The van der Waals surface area contributed by atoms with Crippen LogP contribution in [-0.4, -0.2) is 32.1 Å². The number of carboxylic acid groups (broad SMARTS) is 2. The molecule has 38 heavy (non-hydrogen) atoms. The van der Waals surface area contributed by atoms with Crippen molar-refractivity contribution in [2.45, 2.75) is 6.04 Å². The summed E-state index contributed by atoms with van der Waals surface area (Å²) in [6.07, 6.45) is 7.03. The van der Waals surface area contributed by atoms with E-state index in [2.05, 4.69) is 20.2 Å². The molecule has 0 bridgehead atoms. The monoisotopic (exact) mass is 504 g/mol. The van der Waals surface area contributed by atoms with Gasteiger partial charge in [-0.3, -0.25) is 4.98 Å². The Labute approximate surface area is 217 Å². The van der Waals surface area contributed by atoms with Crippen molar-refractivity contribution < 1.29 is 24.5 Å². The van der Waals surface area contributed by atoms with Crippen LogP contribution in [-0.2, 0) is 0 Å². The van der Waals surface area contributed by atoms with Crippen LogP contribution in [0.5, 0.6) is 11.5 Å². The summed E-state index contributed by atoms with van der Waals surface area (Å²) in [6.45, 7) is 0. The van der Waals surface area contributed by atoms with E-state index >= 15 is 0 Å². The van der Waals surface area contributed by atoms with Gasteiger partial charge in [-0.05, 0) is 66.9 Å². The van der Waals surface area contributed by atoms with Crippen LogP contribution in [0.4, 0.5) is 11.4 Å². The van der Waals surface area contributed by atoms with Crippen LogP contribution in [0.15, 0.2) is 103 Å². The molecular formula is C29H20N4O5. The van der Waals surface area contributed by atoms with Crippen LogP contribution >= 0.6 is 0 Å². The highest BCUT2D eigenvalue weighted by molar-refractivity contribution is 5.90. The fourth-order valence-corrected chi connectivity index (χ4v) is 4.48. The molecule has 2 aromatic carbocycles. The fraction of sp³-hybridized carbons (Fsp3) is 0.0345. The van der Waals surface area contributed by atoms with Crippen molar-refractivity contribution in [3.05, 3.63) is 120 Å². The molecule has 0 amide bonds. The van der Waals surface area contributed by atoms with Gasteiger partial charge in [-0.1, -0.05) is 24.3 Å². The molecule has 4 heterocycles. The molecule has 186 valence electrons. The van der Waals surface area contributed by atoms with Crippen molar-refractivity contribution in [3.63, 3.8) is 0 Å².